The zero-order valence-electron chi connectivity index (χ0n) is 73.5. The molecule has 0 saturated heterocycles. The second-order valence-electron chi connectivity index (χ2n) is 34.2. The van der Waals surface area contributed by atoms with Crippen LogP contribution in [0, 0.1) is 0 Å². The van der Waals surface area contributed by atoms with Gasteiger partial charge < -0.3 is 36.0 Å². The maximum absolute atomic E-state index is 13.3. The highest BCUT2D eigenvalue weighted by atomic mass is 16.3. The zero-order chi connectivity index (χ0) is 88.2. The quantitative estimate of drug-likeness (QED) is 0.0296. The molecular weight excluding hydrogens is 1600 g/mol. The molecule has 0 aliphatic carbocycles. The first-order chi connectivity index (χ1) is 62.5. The third kappa shape index (κ3) is 20.0. The summed E-state index contributed by atoms with van der Waals surface area (Å²) in [5.41, 5.74) is 22.2. The van der Waals surface area contributed by atoms with Gasteiger partial charge in [-0.2, -0.15) is 25.5 Å². The number of nitrogens with zero attached hydrogens (tertiary/aromatic N) is 16. The molecule has 3 unspecified atom stereocenters. The Morgan fingerprint density at radius 2 is 1.00 bits per heavy atom. The van der Waals surface area contributed by atoms with Crippen LogP contribution in [-0.4, -0.2) is 176 Å². The van der Waals surface area contributed by atoms with E-state index < -0.39 is 0 Å². The van der Waals surface area contributed by atoms with E-state index in [1.54, 1.807) is 9.36 Å². The van der Waals surface area contributed by atoms with Crippen LogP contribution in [0.25, 0.3) is 27.9 Å². The van der Waals surface area contributed by atoms with Gasteiger partial charge in [-0.25, -0.2) is 4.98 Å². The third-order valence-corrected chi connectivity index (χ3v) is 25.6. The number of carbonyl (C=O) groups is 4. The molecule has 20 rings (SSSR count). The molecular formula is C101H113N21O6. The number of carbonyl (C=O) groups excluding carboxylic acids is 4. The number of nitrogens with one attached hydrogen (secondary N) is 5. The minimum atomic E-state index is -0.180. The number of aliphatic hydroxyl groups is 2. The molecule has 6 aliphatic rings. The van der Waals surface area contributed by atoms with E-state index in [1.165, 1.54) is 38.9 Å². The Kier molecular flexibility index (Phi) is 27.3. The fourth-order valence-electron chi connectivity index (χ4n) is 18.8. The number of para-hydroxylation sites is 1. The van der Waals surface area contributed by atoms with Crippen LogP contribution >= 0.6 is 0 Å². The Morgan fingerprint density at radius 1 is 0.484 bits per heavy atom. The minimum Gasteiger partial charge on any atom is -0.394 e. The van der Waals surface area contributed by atoms with Gasteiger partial charge in [-0.3, -0.25) is 67.5 Å². The van der Waals surface area contributed by atoms with Crippen LogP contribution < -0.4 is 21.3 Å². The molecule has 4 amide bonds. The number of aromatic nitrogens is 12. The minimum absolute atomic E-state index is 0.00554. The summed E-state index contributed by atoms with van der Waals surface area (Å²) in [6.07, 6.45) is 11.5. The molecule has 27 heteroatoms. The zero-order valence-corrected chi connectivity index (χ0v) is 73.5. The number of allylic oxidation sites excluding steroid dienone is 1. The van der Waals surface area contributed by atoms with Gasteiger partial charge in [0.25, 0.3) is 23.6 Å². The maximum atomic E-state index is 13.3. The molecule has 27 nitrogen and oxygen atoms in total. The second-order valence-corrected chi connectivity index (χ2v) is 34.2. The van der Waals surface area contributed by atoms with Gasteiger partial charge in [-0.15, -0.1) is 0 Å². The summed E-state index contributed by atoms with van der Waals surface area (Å²) in [6, 6.07) is 71.9. The number of H-pyrrole nitrogens is 1. The van der Waals surface area contributed by atoms with Gasteiger partial charge in [0.1, 0.15) is 11.5 Å². The van der Waals surface area contributed by atoms with Crippen LogP contribution in [0.2, 0.25) is 0 Å². The van der Waals surface area contributed by atoms with Crippen molar-refractivity contribution in [2.75, 3.05) is 53.0 Å². The van der Waals surface area contributed by atoms with Crippen LogP contribution in [0.5, 0.6) is 0 Å². The van der Waals surface area contributed by atoms with Crippen molar-refractivity contribution in [1.82, 2.24) is 105 Å². The number of hydrogen-bond acceptors (Lipinski definition) is 17. The first-order valence-electron chi connectivity index (χ1n) is 44.7. The van der Waals surface area contributed by atoms with E-state index in [1.807, 2.05) is 183 Å². The summed E-state index contributed by atoms with van der Waals surface area (Å²) in [4.78, 5) is 69.0. The smallest absolute Gasteiger partial charge is 0.272 e. The van der Waals surface area contributed by atoms with E-state index in [9.17, 15) is 29.4 Å². The van der Waals surface area contributed by atoms with Crippen LogP contribution in [-0.2, 0) is 131 Å². The van der Waals surface area contributed by atoms with Crippen molar-refractivity contribution in [3.05, 3.63) is 349 Å². The number of benzene rings is 8. The number of likely N-dealkylation sites (N-methyl/N-ethyl adjacent to an activating group) is 1. The maximum Gasteiger partial charge on any atom is 0.272 e. The number of aryl methyl sites for hydroxylation is 2. The highest BCUT2D eigenvalue weighted by Gasteiger charge is 2.36. The number of imidazole rings is 1. The van der Waals surface area contributed by atoms with E-state index in [2.05, 4.69) is 178 Å². The lowest BCUT2D eigenvalue weighted by molar-refractivity contribution is 0.0922. The van der Waals surface area contributed by atoms with E-state index >= 15 is 0 Å². The van der Waals surface area contributed by atoms with Gasteiger partial charge in [0.05, 0.1) is 61.8 Å². The van der Waals surface area contributed by atoms with Crippen LogP contribution in [0.3, 0.4) is 0 Å². The van der Waals surface area contributed by atoms with E-state index in [4.69, 9.17) is 0 Å². The number of fused-ring (bicyclic) bond motifs is 8. The molecule has 7 N–H and O–H groups in total. The lowest BCUT2D eigenvalue weighted by atomic mass is 9.93. The predicted molar refractivity (Wildman–Crippen MR) is 494 cm³/mol. The van der Waals surface area contributed by atoms with Crippen molar-refractivity contribution in [2.24, 2.45) is 14.1 Å². The lowest BCUT2D eigenvalue weighted by Gasteiger charge is -2.38. The molecule has 8 aromatic carbocycles. The Balaban J connectivity index is 0.000000120. The Hall–Kier alpha value is -13.1. The third-order valence-electron chi connectivity index (χ3n) is 25.6. The molecule has 0 fully saturated rings. The topological polar surface area (TPSA) is 291 Å². The predicted octanol–water partition coefficient (Wildman–Crippen LogP) is 11.8. The van der Waals surface area contributed by atoms with Gasteiger partial charge in [0, 0.05) is 207 Å². The summed E-state index contributed by atoms with van der Waals surface area (Å²) in [7, 11) is 5.99. The van der Waals surface area contributed by atoms with Gasteiger partial charge in [-0.05, 0) is 83.1 Å². The Labute approximate surface area is 746 Å². The molecule has 0 radical (unpaired) electrons. The molecule has 128 heavy (non-hydrogen) atoms. The molecule has 658 valence electrons. The van der Waals surface area contributed by atoms with E-state index in [-0.39, 0.29) is 48.9 Å². The molecule has 12 heterocycles. The van der Waals surface area contributed by atoms with Crippen molar-refractivity contribution in [2.45, 2.75) is 149 Å². The van der Waals surface area contributed by atoms with Crippen molar-refractivity contribution in [3.63, 3.8) is 0 Å². The van der Waals surface area contributed by atoms with Crippen LogP contribution in [0.4, 0.5) is 0 Å². The van der Waals surface area contributed by atoms with Crippen LogP contribution in [0.15, 0.2) is 225 Å². The molecule has 0 spiro atoms. The van der Waals surface area contributed by atoms with Gasteiger partial charge in [0.15, 0.2) is 17.1 Å². The SMILES string of the molecule is CC(NC(=O)c1nn(CCO)c2c1CN(CC1Cc3ccccc3CN1C)CC2)c1ccccc1.CC(NC(=O)c1nn(CCO)c2c1CN(Cc1ncc3n1C=CC3)CC2)c1ccccc1.Cn1nc(C(=O)NCc2ccccc2)c2c1CCN(Cc1cccc3ccccc13)C2.Cn1nc2c(c1C(=O)NCc1ccccc1)CN(Cc1[nH]nc3ccccc13)CC2. The monoisotopic (exact) mass is 1720 g/mol. The van der Waals surface area contributed by atoms with Crippen LogP contribution in [0.1, 0.15) is 169 Å². The van der Waals surface area contributed by atoms with Crippen molar-refractivity contribution in [1.29, 1.82) is 0 Å². The number of amides is 4. The largest absolute Gasteiger partial charge is 0.394 e. The molecule has 3 atom stereocenters. The first kappa shape index (κ1) is 87.0. The summed E-state index contributed by atoms with van der Waals surface area (Å²) < 4.78 is 9.38. The van der Waals surface area contributed by atoms with Crippen molar-refractivity contribution >= 4 is 51.5 Å². The molecule has 6 aromatic heterocycles. The Bertz CT molecular complexity index is 6240. The summed E-state index contributed by atoms with van der Waals surface area (Å²) in [6.45, 7) is 16.5. The summed E-state index contributed by atoms with van der Waals surface area (Å²) in [5.74, 6) is 0.501. The standard InChI is InChI=1S/C28H35N5O2.C26H26N4O.C24H28N6O2.C23H24N6O/c1-20(21-8-4-3-5-9-21)29-28(35)27-25-19-32(13-12-26(25)33(30-27)14-15-34)18-24-16-22-10-6-7-11-23(22)17-31(24)2;1-29-24-14-15-30(17-21-12-7-11-20-10-5-6-13-22(20)21)18-23(24)25(28-29)26(31)27-16-19-8-3-2-4-9-19;1-17(18-6-3-2-4-7-18)26-24(32)23-20-15-28(11-9-21(20)30(27-23)12-13-31)16-22-25-14-19-8-5-10-29(19)22;1-28-22(23(30)24-13-16-7-3-2-4-8-16)18-14-29(12-11-20(18)27-28)15-21-17-9-5-6-10-19(17)25-26-21/h3-11,20,24,34H,12-19H2,1-2H3,(H,29,35);2-13H,14-18H2,1H3,(H,27,31);2-7,10,14,17,31H,8-9,11-13,15-16H2,1H3,(H,26,32);2-10H,11-15H2,1H3,(H,24,30)(H,25,26). The Morgan fingerprint density at radius 3 is 1.65 bits per heavy atom. The molecule has 0 saturated carbocycles. The number of aromatic amines is 1. The number of hydrogen-bond donors (Lipinski definition) is 7. The highest BCUT2D eigenvalue weighted by molar-refractivity contribution is 5.96. The van der Waals surface area contributed by atoms with Crippen molar-refractivity contribution < 1.29 is 29.4 Å². The van der Waals surface area contributed by atoms with E-state index in [0.29, 0.717) is 74.6 Å². The highest BCUT2D eigenvalue weighted by Crippen LogP contribution is 2.33. The number of aliphatic hydroxyl groups excluding tert-OH is 2. The lowest BCUT2D eigenvalue weighted by Crippen LogP contribution is -2.47. The summed E-state index contributed by atoms with van der Waals surface area (Å²) >= 11 is 0. The summed E-state index contributed by atoms with van der Waals surface area (Å²) in [5, 5.41) is 61.1. The number of rotatable bonds is 24. The first-order valence-corrected chi connectivity index (χ1v) is 44.7. The molecule has 14 aromatic rings. The second kappa shape index (κ2) is 40.2. The molecule has 0 bridgehead atoms. The van der Waals surface area contributed by atoms with Crippen molar-refractivity contribution in [3.8, 4) is 0 Å². The normalized spacial score (nSPS) is 15.9. The molecule has 6 aliphatic heterocycles. The average Bonchev–Trinajstić information content (AvgIpc) is 1.68. The van der Waals surface area contributed by atoms with E-state index in [0.717, 1.165) is 188 Å². The fourth-order valence-corrected chi connectivity index (χ4v) is 18.8. The van der Waals surface area contributed by atoms with Gasteiger partial charge in [-0.1, -0.05) is 212 Å². The van der Waals surface area contributed by atoms with Gasteiger partial charge in [0.2, 0.25) is 0 Å². The average molecular weight is 1720 g/mol. The fraction of sp³-hybridized carbons (Fsp3) is 0.327. The van der Waals surface area contributed by atoms with Gasteiger partial charge >= 0.3 is 0 Å².